The zero-order valence-electron chi connectivity index (χ0n) is 17.5. The van der Waals surface area contributed by atoms with Gasteiger partial charge in [-0.2, -0.15) is 9.19 Å². The Balaban J connectivity index is 1.15. The maximum absolute atomic E-state index is 14.2. The van der Waals surface area contributed by atoms with E-state index in [1.807, 2.05) is 0 Å². The van der Waals surface area contributed by atoms with E-state index in [2.05, 4.69) is 10.00 Å². The molecule has 6 rings (SSSR count). The van der Waals surface area contributed by atoms with Crippen LogP contribution in [0.4, 0.5) is 8.78 Å². The monoisotopic (exact) mass is 464 g/mol. The van der Waals surface area contributed by atoms with E-state index in [9.17, 15) is 17.2 Å². The first-order valence-electron chi connectivity index (χ1n) is 11.2. The van der Waals surface area contributed by atoms with Crippen molar-refractivity contribution < 1.29 is 21.9 Å². The second-order valence-electron chi connectivity index (χ2n) is 9.65. The summed E-state index contributed by atoms with van der Waals surface area (Å²) in [7, 11) is -3.35. The maximum Gasteiger partial charge on any atom is 0.256 e. The molecule has 2 aliphatic heterocycles. The molecule has 2 unspecified atom stereocenters. The molecule has 2 aromatic rings. The van der Waals surface area contributed by atoms with E-state index in [4.69, 9.17) is 10.5 Å². The lowest BCUT2D eigenvalue weighted by molar-refractivity contribution is -0.0479. The predicted octanol–water partition coefficient (Wildman–Crippen LogP) is 1.93. The Morgan fingerprint density at radius 1 is 1.16 bits per heavy atom. The number of hydrogen-bond donors (Lipinski definition) is 1. The Bertz CT molecular complexity index is 1170. The summed E-state index contributed by atoms with van der Waals surface area (Å²) in [4.78, 5) is 2.35. The van der Waals surface area contributed by atoms with E-state index in [-0.39, 0.29) is 22.8 Å². The fourth-order valence-corrected chi connectivity index (χ4v) is 7.19. The third-order valence-electron chi connectivity index (χ3n) is 7.51. The summed E-state index contributed by atoms with van der Waals surface area (Å²) in [5, 5.41) is 4.13. The van der Waals surface area contributed by atoms with Crippen molar-refractivity contribution in [1.82, 2.24) is 14.1 Å². The van der Waals surface area contributed by atoms with Gasteiger partial charge in [0, 0.05) is 42.9 Å². The molecular weight excluding hydrogens is 438 g/mol. The van der Waals surface area contributed by atoms with Gasteiger partial charge in [0.2, 0.25) is 0 Å². The molecule has 0 radical (unpaired) electrons. The van der Waals surface area contributed by atoms with Crippen LogP contribution in [-0.2, 0) is 21.2 Å². The van der Waals surface area contributed by atoms with Gasteiger partial charge in [-0.25, -0.2) is 17.2 Å². The fourth-order valence-electron chi connectivity index (χ4n) is 5.68. The van der Waals surface area contributed by atoms with Crippen molar-refractivity contribution in [3.8, 4) is 0 Å². The number of ether oxygens (including phenoxy) is 1. The Morgan fingerprint density at radius 3 is 2.72 bits per heavy atom. The molecule has 2 aliphatic carbocycles. The number of nitrogens with two attached hydrogens (primary N) is 1. The first-order valence-corrected chi connectivity index (χ1v) is 12.7. The first-order chi connectivity index (χ1) is 15.3. The van der Waals surface area contributed by atoms with Gasteiger partial charge in [-0.05, 0) is 55.4 Å². The number of benzene rings is 1. The minimum Gasteiger partial charge on any atom is -0.370 e. The average Bonchev–Trinajstić information content (AvgIpc) is 3.31. The van der Waals surface area contributed by atoms with Crippen molar-refractivity contribution in [3.63, 3.8) is 0 Å². The van der Waals surface area contributed by atoms with Gasteiger partial charge in [-0.15, -0.1) is 0 Å². The third-order valence-corrected chi connectivity index (χ3v) is 9.54. The summed E-state index contributed by atoms with van der Waals surface area (Å²) in [6.07, 6.45) is 3.90. The van der Waals surface area contributed by atoms with Crippen molar-refractivity contribution in [3.05, 3.63) is 52.9 Å². The van der Waals surface area contributed by atoms with Crippen LogP contribution in [0, 0.1) is 17.6 Å². The molecule has 3 heterocycles. The third kappa shape index (κ3) is 3.30. The summed E-state index contributed by atoms with van der Waals surface area (Å²) >= 11 is 0. The molecule has 3 fully saturated rings. The highest BCUT2D eigenvalue weighted by Crippen LogP contribution is 2.45. The Hall–Kier alpha value is -1.88. The van der Waals surface area contributed by atoms with E-state index in [0.29, 0.717) is 18.9 Å². The zero-order chi connectivity index (χ0) is 22.2. The number of aromatic nitrogens is 2. The largest absolute Gasteiger partial charge is 0.370 e. The van der Waals surface area contributed by atoms with Crippen LogP contribution in [0.2, 0.25) is 0 Å². The number of likely N-dealkylation sites (tertiary alicyclic amines) is 1. The summed E-state index contributed by atoms with van der Waals surface area (Å²) in [5.41, 5.74) is 8.46. The van der Waals surface area contributed by atoms with Crippen LogP contribution in [-0.4, -0.2) is 59.5 Å². The molecule has 172 valence electrons. The normalized spacial score (nSPS) is 32.8. The van der Waals surface area contributed by atoms with Gasteiger partial charge in [0.05, 0.1) is 17.6 Å². The fraction of sp³-hybridized carbons (Fsp3) is 0.591. The van der Waals surface area contributed by atoms with Crippen molar-refractivity contribution in [2.24, 2.45) is 11.7 Å². The summed E-state index contributed by atoms with van der Waals surface area (Å²) in [6.45, 7) is 2.07. The standard InChI is InChI=1S/C22H26F2N4O3S/c23-13-1-4-19(24)16(6-13)22-20(25)7-14(11-31-22)27-8-12-5-21-18(17(12)9-27)10-28(26-21)32(29,30)15-2-3-15/h1,4,6,10,12,14-15,17,20,22H,2-3,5,7-9,11,25H2/t12?,14-,17?,20+,22-/m1/s1. The molecule has 2 N–H and O–H groups in total. The van der Waals surface area contributed by atoms with Crippen molar-refractivity contribution in [1.29, 1.82) is 0 Å². The van der Waals surface area contributed by atoms with Gasteiger partial charge in [0.1, 0.15) is 17.7 Å². The topological polar surface area (TPSA) is 90.5 Å². The van der Waals surface area contributed by atoms with Gasteiger partial charge in [-0.1, -0.05) is 0 Å². The highest BCUT2D eigenvalue weighted by Gasteiger charge is 2.47. The molecule has 1 saturated carbocycles. The number of halogens is 2. The summed E-state index contributed by atoms with van der Waals surface area (Å²) in [5.74, 6) is -0.360. The molecule has 10 heteroatoms. The Labute approximate surface area is 185 Å². The van der Waals surface area contributed by atoms with Crippen molar-refractivity contribution >= 4 is 10.0 Å². The first kappa shape index (κ1) is 20.7. The van der Waals surface area contributed by atoms with Crippen LogP contribution in [0.15, 0.2) is 24.4 Å². The van der Waals surface area contributed by atoms with E-state index >= 15 is 0 Å². The lowest BCUT2D eigenvalue weighted by atomic mass is 9.93. The molecule has 1 aromatic heterocycles. The molecule has 7 nitrogen and oxygen atoms in total. The number of nitrogens with zero attached hydrogens (tertiary/aromatic N) is 3. The van der Waals surface area contributed by atoms with E-state index in [1.165, 1.54) is 4.09 Å². The quantitative estimate of drug-likeness (QED) is 0.744. The number of hydrogen-bond acceptors (Lipinski definition) is 6. The minimum absolute atomic E-state index is 0.0946. The van der Waals surface area contributed by atoms with E-state index in [1.54, 1.807) is 6.20 Å². The number of fused-ring (bicyclic) bond motifs is 3. The molecule has 2 saturated heterocycles. The van der Waals surface area contributed by atoms with Crippen molar-refractivity contribution in [2.75, 3.05) is 19.7 Å². The van der Waals surface area contributed by atoms with Gasteiger partial charge < -0.3 is 10.5 Å². The summed E-state index contributed by atoms with van der Waals surface area (Å²) in [6, 6.07) is 3.01. The number of rotatable bonds is 4. The molecular formula is C22H26F2N4O3S. The maximum atomic E-state index is 14.2. The van der Waals surface area contributed by atoms with Crippen LogP contribution in [0.3, 0.4) is 0 Å². The zero-order valence-corrected chi connectivity index (χ0v) is 18.3. The smallest absolute Gasteiger partial charge is 0.256 e. The molecule has 5 atom stereocenters. The van der Waals surface area contributed by atoms with Gasteiger partial charge in [0.15, 0.2) is 0 Å². The second-order valence-corrected chi connectivity index (χ2v) is 11.7. The second kappa shape index (κ2) is 7.31. The van der Waals surface area contributed by atoms with E-state index < -0.39 is 33.8 Å². The lowest BCUT2D eigenvalue weighted by Crippen LogP contribution is -2.48. The lowest BCUT2D eigenvalue weighted by Gasteiger charge is -2.39. The van der Waals surface area contributed by atoms with Crippen LogP contribution >= 0.6 is 0 Å². The average molecular weight is 465 g/mol. The highest BCUT2D eigenvalue weighted by molar-refractivity contribution is 7.90. The minimum atomic E-state index is -3.35. The predicted molar refractivity (Wildman–Crippen MR) is 113 cm³/mol. The molecule has 32 heavy (non-hydrogen) atoms. The van der Waals surface area contributed by atoms with Crippen LogP contribution in [0.1, 0.15) is 48.1 Å². The molecule has 0 bridgehead atoms. The summed E-state index contributed by atoms with van der Waals surface area (Å²) < 4.78 is 60.0. The van der Waals surface area contributed by atoms with E-state index in [0.717, 1.165) is 61.8 Å². The Morgan fingerprint density at radius 2 is 1.97 bits per heavy atom. The highest BCUT2D eigenvalue weighted by atomic mass is 32.2. The van der Waals surface area contributed by atoms with Crippen LogP contribution in [0.5, 0.6) is 0 Å². The molecule has 0 spiro atoms. The molecule has 0 amide bonds. The van der Waals surface area contributed by atoms with Gasteiger partial charge >= 0.3 is 0 Å². The Kier molecular flexibility index (Phi) is 4.73. The van der Waals surface area contributed by atoms with Gasteiger partial charge in [0.25, 0.3) is 10.0 Å². The van der Waals surface area contributed by atoms with Crippen LogP contribution in [0.25, 0.3) is 0 Å². The molecule has 1 aromatic carbocycles. The van der Waals surface area contributed by atoms with Gasteiger partial charge in [-0.3, -0.25) is 4.90 Å². The molecule has 4 aliphatic rings. The SMILES string of the molecule is N[C@H]1C[C@@H](N2CC3Cc4nn(S(=O)(=O)C5CC5)cc4C3C2)CO[C@@H]1c1cc(F)ccc1F. The van der Waals surface area contributed by atoms with Crippen LogP contribution < -0.4 is 5.73 Å². The van der Waals surface area contributed by atoms with Crippen molar-refractivity contribution in [2.45, 2.75) is 55.0 Å².